The van der Waals surface area contributed by atoms with Crippen molar-refractivity contribution in [3.05, 3.63) is 11.8 Å². The number of nitrogens with one attached hydrogen (secondary N) is 1. The maximum Gasteiger partial charge on any atom is 0.323 e. The number of aromatic nitrogens is 2. The molecule has 1 saturated heterocycles. The minimum atomic E-state index is 0.0429. The van der Waals surface area contributed by atoms with Gasteiger partial charge in [-0.25, -0.2) is 4.79 Å². The number of rotatable bonds is 3. The molecule has 5 heteroatoms. The summed E-state index contributed by atoms with van der Waals surface area (Å²) in [4.78, 5) is 14.7. The highest BCUT2D eigenvalue weighted by atomic mass is 16.2. The first kappa shape index (κ1) is 15.4. The van der Waals surface area contributed by atoms with E-state index in [4.69, 9.17) is 0 Å². The normalized spacial score (nSPS) is 23.0. The SMILES string of the molecule is Cc1cc(NC(=O)N2CCCC2CC2CCCCC2)n(C)n1. The summed E-state index contributed by atoms with van der Waals surface area (Å²) in [6, 6.07) is 2.39. The maximum atomic E-state index is 12.6. The molecule has 122 valence electrons. The van der Waals surface area contributed by atoms with Gasteiger partial charge in [0.25, 0.3) is 0 Å². The van der Waals surface area contributed by atoms with Crippen LogP contribution in [0.2, 0.25) is 0 Å². The van der Waals surface area contributed by atoms with E-state index in [1.165, 1.54) is 38.5 Å². The van der Waals surface area contributed by atoms with E-state index in [1.54, 1.807) is 4.68 Å². The molecule has 5 nitrogen and oxygen atoms in total. The predicted molar refractivity (Wildman–Crippen MR) is 87.9 cm³/mol. The minimum Gasteiger partial charge on any atom is -0.322 e. The zero-order valence-electron chi connectivity index (χ0n) is 13.8. The average molecular weight is 304 g/mol. The summed E-state index contributed by atoms with van der Waals surface area (Å²) < 4.78 is 1.74. The van der Waals surface area contributed by atoms with Crippen molar-refractivity contribution in [3.8, 4) is 0 Å². The van der Waals surface area contributed by atoms with E-state index in [-0.39, 0.29) is 6.03 Å². The molecular weight excluding hydrogens is 276 g/mol. The van der Waals surface area contributed by atoms with Gasteiger partial charge in [-0.15, -0.1) is 0 Å². The van der Waals surface area contributed by atoms with Crippen molar-refractivity contribution in [2.45, 2.75) is 64.3 Å². The Morgan fingerprint density at radius 2 is 2.05 bits per heavy atom. The van der Waals surface area contributed by atoms with Crippen LogP contribution in [0.15, 0.2) is 6.07 Å². The fraction of sp³-hybridized carbons (Fsp3) is 0.765. The van der Waals surface area contributed by atoms with Crippen molar-refractivity contribution >= 4 is 11.8 Å². The number of aryl methyl sites for hydroxylation is 2. The topological polar surface area (TPSA) is 50.2 Å². The van der Waals surface area contributed by atoms with E-state index in [9.17, 15) is 4.79 Å². The van der Waals surface area contributed by atoms with Gasteiger partial charge < -0.3 is 4.90 Å². The number of hydrogen-bond donors (Lipinski definition) is 1. The van der Waals surface area contributed by atoms with Gasteiger partial charge in [0.2, 0.25) is 0 Å². The monoisotopic (exact) mass is 304 g/mol. The van der Waals surface area contributed by atoms with Crippen molar-refractivity contribution < 1.29 is 4.79 Å². The van der Waals surface area contributed by atoms with E-state index >= 15 is 0 Å². The molecule has 0 aromatic carbocycles. The van der Waals surface area contributed by atoms with Gasteiger partial charge in [-0.1, -0.05) is 32.1 Å². The molecule has 1 aliphatic carbocycles. The molecule has 2 amide bonds. The van der Waals surface area contributed by atoms with Crippen LogP contribution in [0, 0.1) is 12.8 Å². The first-order valence-corrected chi connectivity index (χ1v) is 8.72. The van der Waals surface area contributed by atoms with Crippen molar-refractivity contribution in [2.24, 2.45) is 13.0 Å². The zero-order valence-corrected chi connectivity index (χ0v) is 13.8. The number of hydrogen-bond acceptors (Lipinski definition) is 2. The lowest BCUT2D eigenvalue weighted by Crippen LogP contribution is -2.40. The van der Waals surface area contributed by atoms with Crippen LogP contribution in [0.3, 0.4) is 0 Å². The van der Waals surface area contributed by atoms with Gasteiger partial charge in [-0.2, -0.15) is 5.10 Å². The highest BCUT2D eigenvalue weighted by Crippen LogP contribution is 2.32. The standard InChI is InChI=1S/C17H28N4O/c1-13-11-16(20(2)19-13)18-17(22)21-10-6-9-15(21)12-14-7-4-3-5-8-14/h11,14-15H,3-10,12H2,1-2H3,(H,18,22). The van der Waals surface area contributed by atoms with Gasteiger partial charge in [-0.3, -0.25) is 10.00 Å². The Bertz CT molecular complexity index is 519. The van der Waals surface area contributed by atoms with Crippen LogP contribution in [0.1, 0.15) is 57.1 Å². The third-order valence-electron chi connectivity index (χ3n) is 5.21. The lowest BCUT2D eigenvalue weighted by atomic mass is 9.84. The molecule has 2 aliphatic rings. The quantitative estimate of drug-likeness (QED) is 0.925. The summed E-state index contributed by atoms with van der Waals surface area (Å²) in [7, 11) is 1.87. The third kappa shape index (κ3) is 3.45. The smallest absolute Gasteiger partial charge is 0.322 e. The van der Waals surface area contributed by atoms with Crippen LogP contribution in [-0.4, -0.2) is 33.3 Å². The number of carbonyl (C=O) groups excluding carboxylic acids is 1. The van der Waals surface area contributed by atoms with Crippen LogP contribution < -0.4 is 5.32 Å². The second-order valence-corrected chi connectivity index (χ2v) is 6.95. The zero-order chi connectivity index (χ0) is 15.5. The summed E-state index contributed by atoms with van der Waals surface area (Å²) in [6.07, 6.45) is 10.3. The summed E-state index contributed by atoms with van der Waals surface area (Å²) >= 11 is 0. The maximum absolute atomic E-state index is 12.6. The molecule has 3 rings (SSSR count). The molecule has 1 aliphatic heterocycles. The number of nitrogens with zero attached hydrogens (tertiary/aromatic N) is 3. The van der Waals surface area contributed by atoms with E-state index in [1.807, 2.05) is 20.0 Å². The molecule has 0 bridgehead atoms. The van der Waals surface area contributed by atoms with Crippen LogP contribution in [-0.2, 0) is 7.05 Å². The van der Waals surface area contributed by atoms with Crippen LogP contribution in [0.25, 0.3) is 0 Å². The molecule has 1 atom stereocenters. The number of urea groups is 1. The van der Waals surface area contributed by atoms with Gasteiger partial charge in [0, 0.05) is 25.7 Å². The molecule has 2 fully saturated rings. The van der Waals surface area contributed by atoms with Crippen LogP contribution in [0.4, 0.5) is 10.6 Å². The largest absolute Gasteiger partial charge is 0.323 e. The Morgan fingerprint density at radius 1 is 1.27 bits per heavy atom. The number of anilines is 1. The molecule has 1 N–H and O–H groups in total. The second kappa shape index (κ2) is 6.71. The first-order valence-electron chi connectivity index (χ1n) is 8.72. The van der Waals surface area contributed by atoms with Gasteiger partial charge in [-0.05, 0) is 32.1 Å². The van der Waals surface area contributed by atoms with E-state index in [0.29, 0.717) is 6.04 Å². The number of carbonyl (C=O) groups is 1. The average Bonchev–Trinajstić information content (AvgIpc) is 3.07. The molecule has 2 heterocycles. The highest BCUT2D eigenvalue weighted by Gasteiger charge is 2.31. The molecule has 1 unspecified atom stereocenters. The number of likely N-dealkylation sites (tertiary alicyclic amines) is 1. The van der Waals surface area contributed by atoms with Crippen molar-refractivity contribution in [1.29, 1.82) is 0 Å². The Morgan fingerprint density at radius 3 is 2.73 bits per heavy atom. The van der Waals surface area contributed by atoms with Crippen molar-refractivity contribution in [1.82, 2.24) is 14.7 Å². The molecule has 22 heavy (non-hydrogen) atoms. The molecule has 1 saturated carbocycles. The van der Waals surface area contributed by atoms with E-state index < -0.39 is 0 Å². The van der Waals surface area contributed by atoms with Gasteiger partial charge in [0.05, 0.1) is 5.69 Å². The van der Waals surface area contributed by atoms with Crippen molar-refractivity contribution in [2.75, 3.05) is 11.9 Å². The number of amides is 2. The third-order valence-corrected chi connectivity index (χ3v) is 5.21. The Balaban J connectivity index is 1.59. The second-order valence-electron chi connectivity index (χ2n) is 6.95. The van der Waals surface area contributed by atoms with Crippen LogP contribution in [0.5, 0.6) is 0 Å². The predicted octanol–water partition coefficient (Wildman–Crippen LogP) is 3.70. The molecule has 1 aromatic rings. The fourth-order valence-corrected chi connectivity index (χ4v) is 4.06. The summed E-state index contributed by atoms with van der Waals surface area (Å²) in [5.74, 6) is 1.61. The fourth-order valence-electron chi connectivity index (χ4n) is 4.06. The van der Waals surface area contributed by atoms with Crippen LogP contribution >= 0.6 is 0 Å². The minimum absolute atomic E-state index is 0.0429. The first-order chi connectivity index (χ1) is 10.6. The lowest BCUT2D eigenvalue weighted by Gasteiger charge is -2.30. The Hall–Kier alpha value is -1.52. The summed E-state index contributed by atoms with van der Waals surface area (Å²) in [5.41, 5.74) is 0.929. The van der Waals surface area contributed by atoms with E-state index in [2.05, 4.69) is 15.3 Å². The summed E-state index contributed by atoms with van der Waals surface area (Å²) in [5, 5.41) is 7.31. The van der Waals surface area contributed by atoms with Gasteiger partial charge in [0.1, 0.15) is 5.82 Å². The molecular formula is C17H28N4O. The lowest BCUT2D eigenvalue weighted by molar-refractivity contribution is 0.190. The highest BCUT2D eigenvalue weighted by molar-refractivity contribution is 5.88. The van der Waals surface area contributed by atoms with Gasteiger partial charge >= 0.3 is 6.03 Å². The Kier molecular flexibility index (Phi) is 4.69. The van der Waals surface area contributed by atoms with Gasteiger partial charge in [0.15, 0.2) is 0 Å². The summed E-state index contributed by atoms with van der Waals surface area (Å²) in [6.45, 7) is 2.83. The van der Waals surface area contributed by atoms with Crippen molar-refractivity contribution in [3.63, 3.8) is 0 Å². The molecule has 1 aromatic heterocycles. The van der Waals surface area contributed by atoms with E-state index in [0.717, 1.165) is 36.8 Å². The molecule has 0 spiro atoms. The molecule has 0 radical (unpaired) electrons. The Labute approximate surface area is 133 Å².